The van der Waals surface area contributed by atoms with E-state index in [1.807, 2.05) is 12.1 Å². The van der Waals surface area contributed by atoms with E-state index in [4.69, 9.17) is 11.6 Å². The van der Waals surface area contributed by atoms with Gasteiger partial charge in [-0.15, -0.1) is 0 Å². The lowest BCUT2D eigenvalue weighted by atomic mass is 10.0. The van der Waals surface area contributed by atoms with Gasteiger partial charge in [-0.3, -0.25) is 4.79 Å². The summed E-state index contributed by atoms with van der Waals surface area (Å²) in [5.41, 5.74) is 1.82. The van der Waals surface area contributed by atoms with Gasteiger partial charge >= 0.3 is 0 Å². The van der Waals surface area contributed by atoms with E-state index in [-0.39, 0.29) is 0 Å². The molecule has 94 valence electrons. The van der Waals surface area contributed by atoms with Crippen LogP contribution >= 0.6 is 27.5 Å². The van der Waals surface area contributed by atoms with Crippen molar-refractivity contribution in [1.82, 2.24) is 0 Å². The largest absolute Gasteiger partial charge is 0.276 e. The fraction of sp³-hybridized carbons (Fsp3) is 0.500. The van der Waals surface area contributed by atoms with E-state index in [1.165, 1.54) is 24.8 Å². The molecule has 1 rings (SSSR count). The van der Waals surface area contributed by atoms with Crippen LogP contribution in [-0.4, -0.2) is 10.1 Å². The fourth-order valence-corrected chi connectivity index (χ4v) is 2.37. The third-order valence-corrected chi connectivity index (χ3v) is 3.93. The van der Waals surface area contributed by atoms with Crippen LogP contribution in [0.25, 0.3) is 0 Å². The summed E-state index contributed by atoms with van der Waals surface area (Å²) in [7, 11) is 0. The molecule has 0 saturated carbocycles. The van der Waals surface area contributed by atoms with Gasteiger partial charge in [0.1, 0.15) is 0 Å². The summed E-state index contributed by atoms with van der Waals surface area (Å²) in [4.78, 5) is 11.5. The van der Waals surface area contributed by atoms with Crippen molar-refractivity contribution in [3.63, 3.8) is 0 Å². The van der Waals surface area contributed by atoms with E-state index >= 15 is 0 Å². The van der Waals surface area contributed by atoms with E-state index in [2.05, 4.69) is 22.9 Å². The Morgan fingerprint density at radius 1 is 1.29 bits per heavy atom. The molecule has 1 nitrogen and oxygen atoms in total. The molecule has 0 spiro atoms. The van der Waals surface area contributed by atoms with Gasteiger partial charge in [0.25, 0.3) is 5.24 Å². The van der Waals surface area contributed by atoms with Crippen LogP contribution in [0.15, 0.2) is 24.3 Å². The van der Waals surface area contributed by atoms with Gasteiger partial charge in [-0.25, -0.2) is 0 Å². The van der Waals surface area contributed by atoms with Crippen molar-refractivity contribution in [2.24, 2.45) is 0 Å². The van der Waals surface area contributed by atoms with Crippen molar-refractivity contribution in [1.29, 1.82) is 0 Å². The van der Waals surface area contributed by atoms with E-state index in [0.717, 1.165) is 12.8 Å². The molecule has 0 aliphatic heterocycles. The number of hydrogen-bond acceptors (Lipinski definition) is 1. The minimum absolute atomic E-state index is 0.391. The molecule has 0 fully saturated rings. The molecule has 1 aromatic rings. The van der Waals surface area contributed by atoms with Gasteiger partial charge in [0.2, 0.25) is 0 Å². The molecule has 3 heteroatoms. The molecule has 0 amide bonds. The Kier molecular flexibility index (Phi) is 6.83. The smallest absolute Gasteiger partial charge is 0.252 e. The average molecular weight is 318 g/mol. The van der Waals surface area contributed by atoms with Crippen LogP contribution in [0.3, 0.4) is 0 Å². The average Bonchev–Trinajstić information content (AvgIpc) is 2.34. The first-order valence-electron chi connectivity index (χ1n) is 6.06. The van der Waals surface area contributed by atoms with Crippen LogP contribution in [0, 0.1) is 0 Å². The quantitative estimate of drug-likeness (QED) is 0.513. The number of carbonyl (C=O) groups is 1. The molecule has 1 aromatic carbocycles. The normalized spacial score (nSPS) is 12.4. The van der Waals surface area contributed by atoms with Gasteiger partial charge < -0.3 is 0 Å². The van der Waals surface area contributed by atoms with Crippen molar-refractivity contribution in [2.45, 2.75) is 43.9 Å². The maximum absolute atomic E-state index is 10.9. The Balaban J connectivity index is 2.39. The van der Waals surface area contributed by atoms with E-state index in [9.17, 15) is 4.79 Å². The Hall–Kier alpha value is -0.340. The van der Waals surface area contributed by atoms with Crippen molar-refractivity contribution in [2.75, 3.05) is 0 Å². The molecule has 1 unspecified atom stereocenters. The summed E-state index contributed by atoms with van der Waals surface area (Å²) in [5, 5.41) is -0.391. The van der Waals surface area contributed by atoms with E-state index in [1.54, 1.807) is 12.1 Å². The molecule has 0 bridgehead atoms. The Morgan fingerprint density at radius 3 is 2.47 bits per heavy atom. The van der Waals surface area contributed by atoms with Crippen molar-refractivity contribution >= 4 is 32.8 Å². The number of benzene rings is 1. The lowest BCUT2D eigenvalue weighted by Crippen LogP contribution is -2.00. The number of carbonyl (C=O) groups excluding carboxylic acids is 1. The van der Waals surface area contributed by atoms with Crippen LogP contribution in [0.2, 0.25) is 0 Å². The van der Waals surface area contributed by atoms with Gasteiger partial charge in [-0.2, -0.15) is 0 Å². The third kappa shape index (κ3) is 5.69. The topological polar surface area (TPSA) is 17.1 Å². The maximum atomic E-state index is 10.9. The van der Waals surface area contributed by atoms with Gasteiger partial charge in [0, 0.05) is 10.4 Å². The zero-order valence-corrected chi connectivity index (χ0v) is 12.4. The number of alkyl halides is 1. The summed E-state index contributed by atoms with van der Waals surface area (Å²) >= 11 is 9.09. The summed E-state index contributed by atoms with van der Waals surface area (Å²) in [5.74, 6) is 0. The molecule has 1 atom stereocenters. The van der Waals surface area contributed by atoms with Gasteiger partial charge in [0.15, 0.2) is 0 Å². The molecule has 0 N–H and O–H groups in total. The number of unbranched alkanes of at least 4 members (excludes halogenated alkanes) is 1. The number of rotatable bonds is 7. The molecule has 0 heterocycles. The highest BCUT2D eigenvalue weighted by molar-refractivity contribution is 9.09. The molecule has 0 aliphatic carbocycles. The second-order valence-corrected chi connectivity index (χ2v) is 5.89. The van der Waals surface area contributed by atoms with Crippen molar-refractivity contribution in [3.05, 3.63) is 35.4 Å². The minimum Gasteiger partial charge on any atom is -0.276 e. The predicted octanol–water partition coefficient (Wildman–Crippen LogP) is 4.95. The van der Waals surface area contributed by atoms with E-state index in [0.29, 0.717) is 10.4 Å². The molecule has 0 radical (unpaired) electrons. The molecular formula is C14H18BrClO. The highest BCUT2D eigenvalue weighted by atomic mass is 79.9. The first-order chi connectivity index (χ1) is 8.13. The highest BCUT2D eigenvalue weighted by Gasteiger charge is 2.05. The van der Waals surface area contributed by atoms with Gasteiger partial charge in [0.05, 0.1) is 0 Å². The molecule has 0 aromatic heterocycles. The SMILES string of the molecule is CCCCC(Br)CCc1ccc(C(=O)Cl)cc1. The Bertz CT molecular complexity index is 348. The molecule has 0 aliphatic rings. The summed E-state index contributed by atoms with van der Waals surface area (Å²) in [6, 6.07) is 7.55. The summed E-state index contributed by atoms with van der Waals surface area (Å²) in [6.07, 6.45) is 5.92. The second-order valence-electron chi connectivity index (χ2n) is 4.25. The third-order valence-electron chi connectivity index (χ3n) is 2.80. The zero-order valence-electron chi connectivity index (χ0n) is 10.1. The molecule has 17 heavy (non-hydrogen) atoms. The van der Waals surface area contributed by atoms with Crippen LogP contribution in [0.1, 0.15) is 48.5 Å². The standard InChI is InChI=1S/C14H18BrClO/c1-2-3-4-13(15)10-7-11-5-8-12(9-6-11)14(16)17/h5-6,8-9,13H,2-4,7,10H2,1H3. The van der Waals surface area contributed by atoms with Crippen LogP contribution in [-0.2, 0) is 6.42 Å². The molecular weight excluding hydrogens is 300 g/mol. The zero-order chi connectivity index (χ0) is 12.7. The predicted molar refractivity (Wildman–Crippen MR) is 77.2 cm³/mol. The maximum Gasteiger partial charge on any atom is 0.252 e. The van der Waals surface area contributed by atoms with Gasteiger partial charge in [-0.05, 0) is 48.6 Å². The number of halogens is 2. The van der Waals surface area contributed by atoms with Crippen molar-refractivity contribution < 1.29 is 4.79 Å². The lowest BCUT2D eigenvalue weighted by molar-refractivity contribution is 0.108. The molecule has 0 saturated heterocycles. The number of hydrogen-bond donors (Lipinski definition) is 0. The van der Waals surface area contributed by atoms with Crippen LogP contribution in [0.4, 0.5) is 0 Å². The fourth-order valence-electron chi connectivity index (χ4n) is 1.70. The highest BCUT2D eigenvalue weighted by Crippen LogP contribution is 2.17. The summed E-state index contributed by atoms with van der Waals surface area (Å²) < 4.78 is 0. The van der Waals surface area contributed by atoms with E-state index < -0.39 is 5.24 Å². The second kappa shape index (κ2) is 7.88. The van der Waals surface area contributed by atoms with Crippen LogP contribution < -0.4 is 0 Å². The van der Waals surface area contributed by atoms with Gasteiger partial charge in [-0.1, -0.05) is 47.8 Å². The monoisotopic (exact) mass is 316 g/mol. The Morgan fingerprint density at radius 2 is 1.94 bits per heavy atom. The first kappa shape index (κ1) is 14.7. The van der Waals surface area contributed by atoms with Crippen molar-refractivity contribution in [3.8, 4) is 0 Å². The lowest BCUT2D eigenvalue weighted by Gasteiger charge is -2.08. The number of aryl methyl sites for hydroxylation is 1. The minimum atomic E-state index is -0.391. The van der Waals surface area contributed by atoms with Crippen LogP contribution in [0.5, 0.6) is 0 Å². The first-order valence-corrected chi connectivity index (χ1v) is 7.35. The summed E-state index contributed by atoms with van der Waals surface area (Å²) in [6.45, 7) is 2.21. The Labute approximate surface area is 117 Å².